The Morgan fingerprint density at radius 3 is 2.56 bits per heavy atom. The minimum absolute atomic E-state index is 0.0480. The van der Waals surface area contributed by atoms with Crippen LogP contribution in [-0.2, 0) is 19.7 Å². The Morgan fingerprint density at radius 1 is 1.32 bits per heavy atom. The van der Waals surface area contributed by atoms with Crippen LogP contribution in [0.2, 0.25) is 0 Å². The topological polar surface area (TPSA) is 79.2 Å². The molecule has 2 aliphatic rings. The lowest BCUT2D eigenvalue weighted by molar-refractivity contribution is -0.137. The van der Waals surface area contributed by atoms with Gasteiger partial charge in [0.2, 0.25) is 5.91 Å². The molecule has 0 bridgehead atoms. The average molecular weight is 344 g/mol. The van der Waals surface area contributed by atoms with Gasteiger partial charge in [-0.3, -0.25) is 9.59 Å². The summed E-state index contributed by atoms with van der Waals surface area (Å²) in [5, 5.41) is 12.1. The fraction of sp³-hybridized carbons (Fsp3) is 0.526. The summed E-state index contributed by atoms with van der Waals surface area (Å²) in [7, 11) is 0. The van der Waals surface area contributed by atoms with Crippen LogP contribution in [0.5, 0.6) is 0 Å². The van der Waals surface area contributed by atoms with E-state index in [0.29, 0.717) is 31.6 Å². The van der Waals surface area contributed by atoms with Crippen LogP contribution in [0.3, 0.4) is 0 Å². The van der Waals surface area contributed by atoms with Crippen LogP contribution in [-0.4, -0.2) is 30.9 Å². The van der Waals surface area contributed by atoms with Gasteiger partial charge in [0.15, 0.2) is 11.7 Å². The number of hydrogen-bond donors (Lipinski definition) is 1. The van der Waals surface area contributed by atoms with Crippen LogP contribution in [0.25, 0.3) is 0 Å². The van der Waals surface area contributed by atoms with Crippen molar-refractivity contribution in [2.24, 2.45) is 5.92 Å². The maximum absolute atomic E-state index is 13.2. The fourth-order valence-electron chi connectivity index (χ4n) is 3.61. The number of nitrogens with zero attached hydrogens (tertiary/aromatic N) is 1. The van der Waals surface area contributed by atoms with Crippen molar-refractivity contribution in [3.8, 4) is 6.07 Å². The summed E-state index contributed by atoms with van der Waals surface area (Å²) in [5.74, 6) is -2.70. The van der Waals surface area contributed by atoms with E-state index < -0.39 is 23.0 Å². The summed E-state index contributed by atoms with van der Waals surface area (Å²) < 4.78 is 18.6. The zero-order valence-electron chi connectivity index (χ0n) is 14.0. The highest BCUT2D eigenvalue weighted by molar-refractivity contribution is 6.09. The molecule has 0 spiro atoms. The van der Waals surface area contributed by atoms with Gasteiger partial charge in [-0.2, -0.15) is 5.26 Å². The summed E-state index contributed by atoms with van der Waals surface area (Å²) in [4.78, 5) is 25.4. The lowest BCUT2D eigenvalue weighted by Gasteiger charge is -2.41. The highest BCUT2D eigenvalue weighted by Crippen LogP contribution is 2.46. The molecule has 1 aromatic rings. The van der Waals surface area contributed by atoms with Crippen molar-refractivity contribution in [1.82, 2.24) is 5.32 Å². The minimum Gasteiger partial charge on any atom is -0.376 e. The largest absolute Gasteiger partial charge is 0.376 e. The van der Waals surface area contributed by atoms with Crippen molar-refractivity contribution in [2.75, 3.05) is 13.2 Å². The summed E-state index contributed by atoms with van der Waals surface area (Å²) in [6, 6.07) is 7.62. The summed E-state index contributed by atoms with van der Waals surface area (Å²) >= 11 is 0. The third-order valence-corrected chi connectivity index (χ3v) is 5.26. The Labute approximate surface area is 146 Å². The normalized spacial score (nSPS) is 22.5. The second-order valence-corrected chi connectivity index (χ2v) is 6.75. The molecule has 2 atom stereocenters. The van der Waals surface area contributed by atoms with Crippen molar-refractivity contribution in [2.45, 2.75) is 43.6 Å². The number of nitrogens with one attached hydrogen (secondary N) is 1. The standard InChI is InChI=1S/C19H21FN2O3/c20-14-6-4-13(5-7-14)19(8-2-9-19)17(23)16(11-21)18(24)22-12-15-3-1-10-25-15/h4-7,15-16H,1-3,8-10,12H2,(H,22,24). The quantitative estimate of drug-likeness (QED) is 0.803. The van der Waals surface area contributed by atoms with E-state index in [1.807, 2.05) is 6.07 Å². The van der Waals surface area contributed by atoms with E-state index in [2.05, 4.69) is 5.32 Å². The maximum atomic E-state index is 13.2. The first-order chi connectivity index (χ1) is 12.1. The highest BCUT2D eigenvalue weighted by atomic mass is 19.1. The lowest BCUT2D eigenvalue weighted by atomic mass is 9.59. The van der Waals surface area contributed by atoms with Crippen LogP contribution in [0.4, 0.5) is 4.39 Å². The van der Waals surface area contributed by atoms with E-state index in [9.17, 15) is 19.2 Å². The van der Waals surface area contributed by atoms with Gasteiger partial charge in [-0.15, -0.1) is 0 Å². The van der Waals surface area contributed by atoms with Crippen molar-refractivity contribution in [3.05, 3.63) is 35.6 Å². The van der Waals surface area contributed by atoms with Crippen LogP contribution in [0, 0.1) is 23.1 Å². The van der Waals surface area contributed by atoms with E-state index in [4.69, 9.17) is 4.74 Å². The molecule has 0 aromatic heterocycles. The molecule has 1 N–H and O–H groups in total. The molecule has 2 fully saturated rings. The fourth-order valence-corrected chi connectivity index (χ4v) is 3.61. The van der Waals surface area contributed by atoms with E-state index in [-0.39, 0.29) is 11.9 Å². The van der Waals surface area contributed by atoms with E-state index >= 15 is 0 Å². The number of halogens is 1. The molecular weight excluding hydrogens is 323 g/mol. The third kappa shape index (κ3) is 3.42. The summed E-state index contributed by atoms with van der Waals surface area (Å²) in [6.07, 6.45) is 3.77. The predicted molar refractivity (Wildman–Crippen MR) is 88.0 cm³/mol. The van der Waals surface area contributed by atoms with E-state index in [1.165, 1.54) is 12.1 Å². The van der Waals surface area contributed by atoms with Crippen LogP contribution in [0.1, 0.15) is 37.7 Å². The number of benzene rings is 1. The molecule has 5 nitrogen and oxygen atoms in total. The van der Waals surface area contributed by atoms with Crippen molar-refractivity contribution < 1.29 is 18.7 Å². The molecular formula is C19H21FN2O3. The Kier molecular flexibility index (Phi) is 5.14. The molecule has 1 aliphatic carbocycles. The third-order valence-electron chi connectivity index (χ3n) is 5.26. The molecule has 3 rings (SSSR count). The molecule has 0 radical (unpaired) electrons. The van der Waals surface area contributed by atoms with Gasteiger partial charge < -0.3 is 10.1 Å². The smallest absolute Gasteiger partial charge is 0.245 e. The van der Waals surface area contributed by atoms with Gasteiger partial charge in [-0.25, -0.2) is 4.39 Å². The molecule has 132 valence electrons. The molecule has 1 aliphatic heterocycles. The summed E-state index contributed by atoms with van der Waals surface area (Å²) in [5.41, 5.74) is -0.174. The monoisotopic (exact) mass is 344 g/mol. The molecule has 6 heteroatoms. The second kappa shape index (κ2) is 7.32. The minimum atomic E-state index is -1.35. The Morgan fingerprint density at radius 2 is 2.04 bits per heavy atom. The van der Waals surface area contributed by atoms with E-state index in [0.717, 1.165) is 19.3 Å². The van der Waals surface area contributed by atoms with Crippen molar-refractivity contribution >= 4 is 11.7 Å². The first-order valence-electron chi connectivity index (χ1n) is 8.66. The number of Topliss-reactive ketones (excluding diaryl/α,β-unsaturated/α-hetero) is 1. The van der Waals surface area contributed by atoms with Crippen LogP contribution < -0.4 is 5.32 Å². The molecule has 1 heterocycles. The summed E-state index contributed by atoms with van der Waals surface area (Å²) in [6.45, 7) is 0.989. The van der Waals surface area contributed by atoms with E-state index in [1.54, 1.807) is 12.1 Å². The van der Waals surface area contributed by atoms with Gasteiger partial charge in [0.1, 0.15) is 5.82 Å². The predicted octanol–water partition coefficient (Wildman–Crippen LogP) is 2.25. The molecule has 1 saturated heterocycles. The number of carbonyl (C=O) groups is 2. The van der Waals surface area contributed by atoms with Crippen molar-refractivity contribution in [3.63, 3.8) is 0 Å². The number of ketones is 1. The zero-order valence-corrected chi connectivity index (χ0v) is 14.0. The van der Waals surface area contributed by atoms with Gasteiger partial charge >= 0.3 is 0 Å². The molecule has 1 saturated carbocycles. The van der Waals surface area contributed by atoms with Crippen LogP contribution >= 0.6 is 0 Å². The van der Waals surface area contributed by atoms with Crippen molar-refractivity contribution in [1.29, 1.82) is 5.26 Å². The lowest BCUT2D eigenvalue weighted by Crippen LogP contribution is -2.50. The number of carbonyl (C=O) groups excluding carboxylic acids is 2. The SMILES string of the molecule is N#CC(C(=O)NCC1CCCO1)C(=O)C1(c2ccc(F)cc2)CCC1. The number of amides is 1. The number of hydrogen-bond acceptors (Lipinski definition) is 4. The Balaban J connectivity index is 1.72. The first-order valence-corrected chi connectivity index (χ1v) is 8.66. The molecule has 2 unspecified atom stereocenters. The van der Waals surface area contributed by atoms with Gasteiger partial charge in [0.05, 0.1) is 17.6 Å². The Hall–Kier alpha value is -2.26. The Bertz CT molecular complexity index is 686. The number of ether oxygens (including phenoxy) is 1. The number of nitriles is 1. The van der Waals surface area contributed by atoms with Gasteiger partial charge in [0, 0.05) is 13.2 Å². The van der Waals surface area contributed by atoms with Gasteiger partial charge in [0.25, 0.3) is 0 Å². The molecule has 1 amide bonds. The van der Waals surface area contributed by atoms with Crippen LogP contribution in [0.15, 0.2) is 24.3 Å². The number of rotatable bonds is 6. The zero-order chi connectivity index (χ0) is 17.9. The second-order valence-electron chi connectivity index (χ2n) is 6.75. The molecule has 1 aromatic carbocycles. The highest BCUT2D eigenvalue weighted by Gasteiger charge is 2.49. The van der Waals surface area contributed by atoms with Gasteiger partial charge in [-0.1, -0.05) is 18.6 Å². The van der Waals surface area contributed by atoms with Gasteiger partial charge in [-0.05, 0) is 43.4 Å². The molecule has 25 heavy (non-hydrogen) atoms. The maximum Gasteiger partial charge on any atom is 0.245 e. The first kappa shape index (κ1) is 17.6. The average Bonchev–Trinajstić information content (AvgIpc) is 3.08.